The Balaban J connectivity index is 2.35. The topological polar surface area (TPSA) is 109 Å². The number of anilines is 1. The van der Waals surface area contributed by atoms with E-state index >= 15 is 0 Å². The summed E-state index contributed by atoms with van der Waals surface area (Å²) in [7, 11) is -3.90. The molecule has 6 nitrogen and oxygen atoms in total. The summed E-state index contributed by atoms with van der Waals surface area (Å²) in [5.74, 6) is -0.710. The van der Waals surface area contributed by atoms with Crippen LogP contribution in [-0.4, -0.2) is 25.5 Å². The summed E-state index contributed by atoms with van der Waals surface area (Å²) in [6.07, 6.45) is 3.20. The highest BCUT2D eigenvalue weighted by Gasteiger charge is 2.25. The Morgan fingerprint density at radius 3 is 2.60 bits per heavy atom. The fraction of sp³-hybridized carbons (Fsp3) is 0.462. The van der Waals surface area contributed by atoms with E-state index in [-0.39, 0.29) is 16.5 Å². The maximum Gasteiger partial charge on any atom is 0.337 e. The zero-order valence-corrected chi connectivity index (χ0v) is 12.0. The first-order valence-corrected chi connectivity index (χ1v) is 8.00. The molecule has 2 atom stereocenters. The quantitative estimate of drug-likeness (QED) is 0.782. The van der Waals surface area contributed by atoms with E-state index in [9.17, 15) is 18.3 Å². The Morgan fingerprint density at radius 2 is 2.10 bits per heavy atom. The first kappa shape index (κ1) is 14.8. The highest BCUT2D eigenvalue weighted by Crippen LogP contribution is 2.30. The molecule has 1 fully saturated rings. The summed E-state index contributed by atoms with van der Waals surface area (Å²) >= 11 is 0. The van der Waals surface area contributed by atoms with Crippen molar-refractivity contribution >= 4 is 21.7 Å². The third kappa shape index (κ3) is 3.10. The second-order valence-electron chi connectivity index (χ2n) is 5.22. The van der Waals surface area contributed by atoms with Crippen molar-refractivity contribution in [3.63, 3.8) is 0 Å². The Hall–Kier alpha value is -1.60. The summed E-state index contributed by atoms with van der Waals surface area (Å²) in [6, 6.07) is 4.10. The molecule has 0 spiro atoms. The number of benzene rings is 1. The molecule has 7 heteroatoms. The average Bonchev–Trinajstić information content (AvgIpc) is 2.74. The minimum Gasteiger partial charge on any atom is -0.478 e. The molecule has 1 aromatic carbocycles. The fourth-order valence-corrected chi connectivity index (χ4v) is 3.10. The predicted octanol–water partition coefficient (Wildman–Crippen LogP) is 1.63. The maximum atomic E-state index is 11.3. The van der Waals surface area contributed by atoms with Crippen LogP contribution < -0.4 is 10.5 Å². The van der Waals surface area contributed by atoms with E-state index in [4.69, 9.17) is 5.14 Å². The number of hydrogen-bond acceptors (Lipinski definition) is 4. The van der Waals surface area contributed by atoms with Gasteiger partial charge in [0.05, 0.1) is 10.5 Å². The first-order chi connectivity index (χ1) is 9.29. The normalized spacial score (nSPS) is 22.7. The van der Waals surface area contributed by atoms with Gasteiger partial charge in [0.2, 0.25) is 10.0 Å². The van der Waals surface area contributed by atoms with Gasteiger partial charge in [0.25, 0.3) is 0 Å². The van der Waals surface area contributed by atoms with Crippen LogP contribution in [0.3, 0.4) is 0 Å². The van der Waals surface area contributed by atoms with Gasteiger partial charge in [-0.25, -0.2) is 18.4 Å². The molecular weight excluding hydrogens is 280 g/mol. The SMILES string of the molecule is CC1CCCC1Nc1ccc(S(N)(=O)=O)cc1C(=O)O. The molecule has 2 rings (SSSR count). The van der Waals surface area contributed by atoms with Crippen LogP contribution in [0.1, 0.15) is 36.5 Å². The molecule has 2 unspecified atom stereocenters. The second-order valence-corrected chi connectivity index (χ2v) is 6.78. The Bertz CT molecular complexity index is 627. The highest BCUT2D eigenvalue weighted by molar-refractivity contribution is 7.89. The van der Waals surface area contributed by atoms with Crippen molar-refractivity contribution in [3.05, 3.63) is 23.8 Å². The second kappa shape index (κ2) is 5.41. The van der Waals surface area contributed by atoms with Crippen LogP contribution in [-0.2, 0) is 10.0 Å². The molecular formula is C13H18N2O4S. The number of nitrogens with two attached hydrogens (primary N) is 1. The molecule has 0 radical (unpaired) electrons. The Kier molecular flexibility index (Phi) is 4.01. The standard InChI is InChI=1S/C13H18N2O4S/c1-8-3-2-4-11(8)15-12-6-5-9(20(14,18)19)7-10(12)13(16)17/h5-8,11,15H,2-4H2,1H3,(H,16,17)(H2,14,18,19). The average molecular weight is 298 g/mol. The summed E-state index contributed by atoms with van der Waals surface area (Å²) in [5, 5.41) is 17.4. The molecule has 0 aromatic heterocycles. The van der Waals surface area contributed by atoms with E-state index in [1.165, 1.54) is 12.1 Å². The molecule has 1 aliphatic rings. The van der Waals surface area contributed by atoms with Crippen LogP contribution in [0.2, 0.25) is 0 Å². The van der Waals surface area contributed by atoms with Crippen molar-refractivity contribution in [2.75, 3.05) is 5.32 Å². The number of hydrogen-bond donors (Lipinski definition) is 3. The Morgan fingerprint density at radius 1 is 1.40 bits per heavy atom. The molecule has 1 aliphatic carbocycles. The number of carboxylic acid groups (broad SMARTS) is 1. The molecule has 1 aromatic rings. The summed E-state index contributed by atoms with van der Waals surface area (Å²) in [5.41, 5.74) is 0.360. The number of aromatic carboxylic acids is 1. The highest BCUT2D eigenvalue weighted by atomic mass is 32.2. The Labute approximate surface area is 118 Å². The predicted molar refractivity (Wildman–Crippen MR) is 75.2 cm³/mol. The molecule has 0 amide bonds. The van der Waals surface area contributed by atoms with Crippen molar-refractivity contribution in [1.82, 2.24) is 0 Å². The number of sulfonamides is 1. The fourth-order valence-electron chi connectivity index (χ4n) is 2.56. The molecule has 110 valence electrons. The lowest BCUT2D eigenvalue weighted by atomic mass is 10.1. The van der Waals surface area contributed by atoms with E-state index in [0.29, 0.717) is 11.6 Å². The van der Waals surface area contributed by atoms with Crippen LogP contribution in [0, 0.1) is 5.92 Å². The van der Waals surface area contributed by atoms with Crippen molar-refractivity contribution in [3.8, 4) is 0 Å². The lowest BCUT2D eigenvalue weighted by Gasteiger charge is -2.20. The number of rotatable bonds is 4. The van der Waals surface area contributed by atoms with E-state index in [1.54, 1.807) is 0 Å². The van der Waals surface area contributed by atoms with Crippen molar-refractivity contribution < 1.29 is 18.3 Å². The maximum absolute atomic E-state index is 11.3. The van der Waals surface area contributed by atoms with Gasteiger partial charge in [-0.15, -0.1) is 0 Å². The summed E-state index contributed by atoms with van der Waals surface area (Å²) < 4.78 is 22.6. The minimum absolute atomic E-state index is 0.0735. The monoisotopic (exact) mass is 298 g/mol. The van der Waals surface area contributed by atoms with Crippen LogP contribution in [0.15, 0.2) is 23.1 Å². The van der Waals surface area contributed by atoms with Crippen LogP contribution in [0.4, 0.5) is 5.69 Å². The lowest BCUT2D eigenvalue weighted by molar-refractivity contribution is 0.0697. The lowest BCUT2D eigenvalue weighted by Crippen LogP contribution is -2.23. The van der Waals surface area contributed by atoms with E-state index in [2.05, 4.69) is 12.2 Å². The third-order valence-electron chi connectivity index (χ3n) is 3.75. The van der Waals surface area contributed by atoms with Crippen LogP contribution in [0.25, 0.3) is 0 Å². The first-order valence-electron chi connectivity index (χ1n) is 6.45. The van der Waals surface area contributed by atoms with E-state index in [1.807, 2.05) is 0 Å². The third-order valence-corrected chi connectivity index (χ3v) is 4.66. The summed E-state index contributed by atoms with van der Waals surface area (Å²) in [4.78, 5) is 11.1. The van der Waals surface area contributed by atoms with Gasteiger partial charge in [-0.05, 0) is 37.0 Å². The van der Waals surface area contributed by atoms with Gasteiger partial charge in [0.15, 0.2) is 0 Å². The van der Waals surface area contributed by atoms with Gasteiger partial charge in [0.1, 0.15) is 0 Å². The molecule has 0 bridgehead atoms. The largest absolute Gasteiger partial charge is 0.478 e. The molecule has 0 heterocycles. The van der Waals surface area contributed by atoms with Gasteiger partial charge < -0.3 is 10.4 Å². The van der Waals surface area contributed by atoms with Gasteiger partial charge in [0, 0.05) is 11.7 Å². The summed E-state index contributed by atoms with van der Waals surface area (Å²) in [6.45, 7) is 2.11. The smallest absolute Gasteiger partial charge is 0.337 e. The van der Waals surface area contributed by atoms with Gasteiger partial charge in [-0.2, -0.15) is 0 Å². The van der Waals surface area contributed by atoms with Gasteiger partial charge in [-0.1, -0.05) is 13.3 Å². The zero-order chi connectivity index (χ0) is 14.9. The van der Waals surface area contributed by atoms with Crippen molar-refractivity contribution in [1.29, 1.82) is 0 Å². The number of carbonyl (C=O) groups is 1. The van der Waals surface area contributed by atoms with E-state index < -0.39 is 16.0 Å². The minimum atomic E-state index is -3.90. The number of nitrogens with one attached hydrogen (secondary N) is 1. The van der Waals surface area contributed by atoms with Crippen molar-refractivity contribution in [2.24, 2.45) is 11.1 Å². The number of primary sulfonamides is 1. The molecule has 4 N–H and O–H groups in total. The van der Waals surface area contributed by atoms with Crippen molar-refractivity contribution in [2.45, 2.75) is 37.1 Å². The zero-order valence-electron chi connectivity index (χ0n) is 11.2. The van der Waals surface area contributed by atoms with Crippen LogP contribution >= 0.6 is 0 Å². The molecule has 1 saturated carbocycles. The van der Waals surface area contributed by atoms with Gasteiger partial charge in [-0.3, -0.25) is 0 Å². The molecule has 0 aliphatic heterocycles. The molecule has 20 heavy (non-hydrogen) atoms. The number of carboxylic acids is 1. The van der Waals surface area contributed by atoms with Gasteiger partial charge >= 0.3 is 5.97 Å². The van der Waals surface area contributed by atoms with Crippen LogP contribution in [0.5, 0.6) is 0 Å². The molecule has 0 saturated heterocycles. The van der Waals surface area contributed by atoms with E-state index in [0.717, 1.165) is 25.3 Å².